The van der Waals surface area contributed by atoms with Gasteiger partial charge in [-0.15, -0.1) is 0 Å². The summed E-state index contributed by atoms with van der Waals surface area (Å²) in [5, 5.41) is 13.8. The number of anilines is 1. The van der Waals surface area contributed by atoms with Gasteiger partial charge in [0.25, 0.3) is 0 Å². The van der Waals surface area contributed by atoms with Gasteiger partial charge in [-0.25, -0.2) is 9.48 Å². The Kier molecular flexibility index (Phi) is 4.69. The highest BCUT2D eigenvalue weighted by Crippen LogP contribution is 2.37. The molecule has 0 fully saturated rings. The molecule has 0 spiro atoms. The van der Waals surface area contributed by atoms with Crippen LogP contribution in [0.5, 0.6) is 0 Å². The molecule has 3 rings (SSSR count). The summed E-state index contributed by atoms with van der Waals surface area (Å²) in [7, 11) is 0. The molecule has 1 aromatic carbocycles. The minimum Gasteiger partial charge on any atom is -0.477 e. The molecule has 0 amide bonds. The molecular formula is C16H15F3IN3O2. The summed E-state index contributed by atoms with van der Waals surface area (Å²) in [5.74, 6) is -0.627. The molecule has 1 N–H and O–H groups in total. The molecule has 0 unspecified atom stereocenters. The van der Waals surface area contributed by atoms with Gasteiger partial charge in [-0.1, -0.05) is 19.1 Å². The third-order valence-electron chi connectivity index (χ3n) is 4.23. The summed E-state index contributed by atoms with van der Waals surface area (Å²) >= 11 is 1.87. The van der Waals surface area contributed by atoms with Gasteiger partial charge in [0.2, 0.25) is 0 Å². The Morgan fingerprint density at radius 3 is 2.76 bits per heavy atom. The molecule has 5 nitrogen and oxygen atoms in total. The number of carboxylic acid groups (broad SMARTS) is 1. The normalized spacial score (nSPS) is 17.0. The van der Waals surface area contributed by atoms with E-state index < -0.39 is 17.7 Å². The average molecular weight is 465 g/mol. The topological polar surface area (TPSA) is 58.4 Å². The Hall–Kier alpha value is -1.78. The van der Waals surface area contributed by atoms with Crippen molar-refractivity contribution in [2.24, 2.45) is 0 Å². The molecule has 9 heteroatoms. The van der Waals surface area contributed by atoms with Crippen molar-refractivity contribution in [3.63, 3.8) is 0 Å². The maximum atomic E-state index is 12.9. The van der Waals surface area contributed by atoms with Crippen LogP contribution in [0.15, 0.2) is 24.3 Å². The van der Waals surface area contributed by atoms with Crippen LogP contribution in [0.4, 0.5) is 19.0 Å². The van der Waals surface area contributed by atoms with Crippen LogP contribution in [0, 0.1) is 3.70 Å². The predicted molar refractivity (Wildman–Crippen MR) is 93.7 cm³/mol. The van der Waals surface area contributed by atoms with E-state index in [4.69, 9.17) is 0 Å². The lowest BCUT2D eigenvalue weighted by Crippen LogP contribution is -2.23. The molecule has 0 saturated carbocycles. The van der Waals surface area contributed by atoms with Gasteiger partial charge in [-0.2, -0.15) is 18.3 Å². The maximum Gasteiger partial charge on any atom is 0.416 e. The largest absolute Gasteiger partial charge is 0.477 e. The van der Waals surface area contributed by atoms with E-state index in [0.717, 1.165) is 18.6 Å². The van der Waals surface area contributed by atoms with Crippen LogP contribution in [-0.4, -0.2) is 27.4 Å². The second kappa shape index (κ2) is 6.50. The summed E-state index contributed by atoms with van der Waals surface area (Å²) in [6.07, 6.45) is -3.65. The number of carbonyl (C=O) groups is 1. The summed E-state index contributed by atoms with van der Waals surface area (Å²) in [4.78, 5) is 13.4. The Bertz CT molecular complexity index is 819. The zero-order chi connectivity index (χ0) is 18.4. The first-order valence-electron chi connectivity index (χ1n) is 7.64. The third-order valence-corrected chi connectivity index (χ3v) is 4.99. The van der Waals surface area contributed by atoms with Crippen molar-refractivity contribution in [2.75, 3.05) is 11.4 Å². The first kappa shape index (κ1) is 18.0. The van der Waals surface area contributed by atoms with Gasteiger partial charge >= 0.3 is 12.1 Å². The molecule has 0 saturated heterocycles. The smallest absolute Gasteiger partial charge is 0.416 e. The number of benzene rings is 1. The number of fused-ring (bicyclic) bond motifs is 1. The number of nitrogens with zero attached hydrogens (tertiary/aromatic N) is 3. The first-order valence-corrected chi connectivity index (χ1v) is 8.72. The lowest BCUT2D eigenvalue weighted by Gasteiger charge is -2.19. The standard InChI is InChI=1S/C16H15F3IN3O2/c1-2-11-8-22(14-12(15(24)25)13(20)21-23(11)14)7-9-4-3-5-10(6-9)16(17,18)19/h3-6,11H,2,7-8H2,1H3,(H,24,25)/t11-/m1/s1. The van der Waals surface area contributed by atoms with Crippen LogP contribution in [-0.2, 0) is 12.7 Å². The molecule has 2 aromatic rings. The zero-order valence-electron chi connectivity index (χ0n) is 13.2. The highest BCUT2D eigenvalue weighted by Gasteiger charge is 2.36. The number of halogens is 4. The average Bonchev–Trinajstić information content (AvgIpc) is 3.03. The van der Waals surface area contributed by atoms with Crippen molar-refractivity contribution in [1.82, 2.24) is 9.78 Å². The molecule has 1 aliphatic rings. The minimum atomic E-state index is -4.41. The van der Waals surface area contributed by atoms with E-state index in [1.165, 1.54) is 6.07 Å². The van der Waals surface area contributed by atoms with Gasteiger partial charge in [0.1, 0.15) is 15.1 Å². The third kappa shape index (κ3) is 3.33. The lowest BCUT2D eigenvalue weighted by molar-refractivity contribution is -0.137. The van der Waals surface area contributed by atoms with Crippen molar-refractivity contribution in [2.45, 2.75) is 32.1 Å². The monoisotopic (exact) mass is 465 g/mol. The molecule has 1 aliphatic heterocycles. The van der Waals surface area contributed by atoms with Crippen LogP contribution in [0.3, 0.4) is 0 Å². The highest BCUT2D eigenvalue weighted by molar-refractivity contribution is 14.1. The van der Waals surface area contributed by atoms with Crippen molar-refractivity contribution < 1.29 is 23.1 Å². The summed E-state index contributed by atoms with van der Waals surface area (Å²) < 4.78 is 40.8. The number of aromatic nitrogens is 2. The fourth-order valence-corrected chi connectivity index (χ4v) is 3.77. The fraction of sp³-hybridized carbons (Fsp3) is 0.375. The predicted octanol–water partition coefficient (Wildman–Crippen LogP) is 4.18. The quantitative estimate of drug-likeness (QED) is 0.689. The van der Waals surface area contributed by atoms with Crippen molar-refractivity contribution >= 4 is 34.4 Å². The number of hydrogen-bond acceptors (Lipinski definition) is 3. The van der Waals surface area contributed by atoms with Crippen LogP contribution in [0.1, 0.15) is 40.9 Å². The summed E-state index contributed by atoms with van der Waals surface area (Å²) in [5.41, 5.74) is -0.132. The second-order valence-corrected chi connectivity index (χ2v) is 6.90. The van der Waals surface area contributed by atoms with Crippen LogP contribution < -0.4 is 4.90 Å². The van der Waals surface area contributed by atoms with E-state index in [1.54, 1.807) is 15.6 Å². The van der Waals surface area contributed by atoms with E-state index in [-0.39, 0.29) is 18.2 Å². The van der Waals surface area contributed by atoms with Crippen molar-refractivity contribution in [3.8, 4) is 0 Å². The van der Waals surface area contributed by atoms with Crippen molar-refractivity contribution in [1.29, 1.82) is 0 Å². The van der Waals surface area contributed by atoms with Gasteiger partial charge in [0.05, 0.1) is 11.6 Å². The Balaban J connectivity index is 1.97. The number of rotatable bonds is 4. The molecule has 134 valence electrons. The SMILES string of the molecule is CC[C@@H]1CN(Cc2cccc(C(F)(F)F)c2)c2c(C(=O)O)c(I)nn21. The Labute approximate surface area is 155 Å². The number of hydrogen-bond donors (Lipinski definition) is 1. The minimum absolute atomic E-state index is 0.00224. The lowest BCUT2D eigenvalue weighted by atomic mass is 10.1. The van der Waals surface area contributed by atoms with Crippen molar-refractivity contribution in [3.05, 3.63) is 44.7 Å². The number of carboxylic acids is 1. The summed E-state index contributed by atoms with van der Waals surface area (Å²) in [6, 6.07) is 5.11. The van der Waals surface area contributed by atoms with Gasteiger partial charge in [-0.05, 0) is 46.7 Å². The van der Waals surface area contributed by atoms with Crippen LogP contribution in [0.25, 0.3) is 0 Å². The molecule has 0 bridgehead atoms. The maximum absolute atomic E-state index is 12.9. The fourth-order valence-electron chi connectivity index (χ4n) is 3.07. The van der Waals surface area contributed by atoms with Crippen LogP contribution >= 0.6 is 22.6 Å². The van der Waals surface area contributed by atoms with Gasteiger partial charge in [0, 0.05) is 13.1 Å². The Morgan fingerprint density at radius 2 is 2.16 bits per heavy atom. The second-order valence-electron chi connectivity index (χ2n) is 5.88. The summed E-state index contributed by atoms with van der Waals surface area (Å²) in [6.45, 7) is 2.69. The molecule has 1 atom stereocenters. The van der Waals surface area contributed by atoms with E-state index in [9.17, 15) is 23.1 Å². The molecule has 1 aromatic heterocycles. The van der Waals surface area contributed by atoms with Gasteiger partial charge in [0.15, 0.2) is 0 Å². The molecule has 25 heavy (non-hydrogen) atoms. The van der Waals surface area contributed by atoms with E-state index >= 15 is 0 Å². The number of alkyl halides is 3. The number of aromatic carboxylic acids is 1. The highest BCUT2D eigenvalue weighted by atomic mass is 127. The first-order chi connectivity index (χ1) is 11.7. The van der Waals surface area contributed by atoms with E-state index in [2.05, 4.69) is 5.10 Å². The molecular weight excluding hydrogens is 450 g/mol. The molecule has 0 aliphatic carbocycles. The molecule has 0 radical (unpaired) electrons. The van der Waals surface area contributed by atoms with E-state index in [0.29, 0.717) is 21.6 Å². The van der Waals surface area contributed by atoms with Gasteiger partial charge in [-0.3, -0.25) is 0 Å². The van der Waals surface area contributed by atoms with Gasteiger partial charge < -0.3 is 10.0 Å². The molecule has 2 heterocycles. The zero-order valence-corrected chi connectivity index (χ0v) is 15.4. The Morgan fingerprint density at radius 1 is 1.44 bits per heavy atom. The van der Waals surface area contributed by atoms with Crippen LogP contribution in [0.2, 0.25) is 0 Å². The van der Waals surface area contributed by atoms with E-state index in [1.807, 2.05) is 29.5 Å².